The quantitative estimate of drug-likeness (QED) is 0.827. The molecule has 1 saturated heterocycles. The maximum Gasteiger partial charge on any atom is 0.163 e. The van der Waals surface area contributed by atoms with Crippen molar-refractivity contribution in [1.29, 1.82) is 0 Å². The highest BCUT2D eigenvalue weighted by Gasteiger charge is 2.23. The normalized spacial score (nSPS) is 18.1. The molecular weight excluding hydrogens is 276 g/mol. The van der Waals surface area contributed by atoms with E-state index in [1.807, 2.05) is 11.8 Å². The van der Waals surface area contributed by atoms with Gasteiger partial charge in [-0.05, 0) is 55.7 Å². The topological polar surface area (TPSA) is 12.0 Å². The lowest BCUT2D eigenvalue weighted by molar-refractivity contribution is 0.358. The molecule has 0 amide bonds. The summed E-state index contributed by atoms with van der Waals surface area (Å²) in [7, 11) is 0. The van der Waals surface area contributed by atoms with Crippen LogP contribution in [0.2, 0.25) is 0 Å². The van der Waals surface area contributed by atoms with Gasteiger partial charge < -0.3 is 5.32 Å². The maximum atomic E-state index is 14.0. The molecule has 1 aliphatic heterocycles. The molecule has 1 nitrogen and oxygen atoms in total. The molecule has 20 heavy (non-hydrogen) atoms. The van der Waals surface area contributed by atoms with E-state index in [0.717, 1.165) is 19.4 Å². The Morgan fingerprint density at radius 2 is 2.05 bits per heavy atom. The van der Waals surface area contributed by atoms with E-state index in [9.17, 15) is 8.78 Å². The molecule has 4 heteroatoms. The number of benzene rings is 1. The molecule has 0 saturated carbocycles. The van der Waals surface area contributed by atoms with Crippen LogP contribution in [0.3, 0.4) is 0 Å². The van der Waals surface area contributed by atoms with Crippen LogP contribution in [-0.2, 0) is 0 Å². The predicted molar refractivity (Wildman–Crippen MR) is 82.1 cm³/mol. The second kappa shape index (κ2) is 7.99. The first kappa shape index (κ1) is 15.8. The van der Waals surface area contributed by atoms with Gasteiger partial charge in [0.1, 0.15) is 0 Å². The molecular formula is C16H23F2NS. The van der Waals surface area contributed by atoms with E-state index in [0.29, 0.717) is 11.5 Å². The third-order valence-electron chi connectivity index (χ3n) is 3.91. The van der Waals surface area contributed by atoms with Gasteiger partial charge in [-0.1, -0.05) is 19.1 Å². The first-order chi connectivity index (χ1) is 9.72. The molecule has 2 rings (SSSR count). The number of hydrogen-bond donors (Lipinski definition) is 1. The predicted octanol–water partition coefficient (Wildman–Crippen LogP) is 4.54. The summed E-state index contributed by atoms with van der Waals surface area (Å²) in [5, 5.41) is 3.39. The lowest BCUT2D eigenvalue weighted by Gasteiger charge is -2.27. The third-order valence-corrected chi connectivity index (χ3v) is 4.96. The second-order valence-electron chi connectivity index (χ2n) is 5.44. The Morgan fingerprint density at radius 1 is 1.30 bits per heavy atom. The van der Waals surface area contributed by atoms with E-state index < -0.39 is 11.6 Å². The van der Waals surface area contributed by atoms with Crippen molar-refractivity contribution in [3.63, 3.8) is 0 Å². The van der Waals surface area contributed by atoms with Crippen LogP contribution in [0.25, 0.3) is 0 Å². The summed E-state index contributed by atoms with van der Waals surface area (Å²) in [5.74, 6) is 1.57. The summed E-state index contributed by atoms with van der Waals surface area (Å²) in [6.07, 6.45) is 4.27. The molecule has 1 atom stereocenters. The van der Waals surface area contributed by atoms with Crippen LogP contribution in [0, 0.1) is 17.6 Å². The molecule has 1 fully saturated rings. The van der Waals surface area contributed by atoms with Crippen molar-refractivity contribution in [2.24, 2.45) is 5.92 Å². The number of halogens is 2. The van der Waals surface area contributed by atoms with E-state index in [2.05, 4.69) is 12.2 Å². The smallest absolute Gasteiger partial charge is 0.163 e. The van der Waals surface area contributed by atoms with Gasteiger partial charge in [0.15, 0.2) is 11.6 Å². The maximum absolute atomic E-state index is 14.0. The summed E-state index contributed by atoms with van der Waals surface area (Å²) in [5.41, 5.74) is 0.483. The Kier molecular flexibility index (Phi) is 6.30. The molecule has 0 spiro atoms. The molecule has 1 aliphatic rings. The molecule has 0 bridgehead atoms. The fourth-order valence-electron chi connectivity index (χ4n) is 2.74. The van der Waals surface area contributed by atoms with Gasteiger partial charge in [-0.2, -0.15) is 11.8 Å². The number of nitrogens with one attached hydrogen (secondary N) is 1. The van der Waals surface area contributed by atoms with Gasteiger partial charge in [-0.15, -0.1) is 0 Å². The Labute approximate surface area is 124 Å². The van der Waals surface area contributed by atoms with Gasteiger partial charge in [-0.25, -0.2) is 8.78 Å². The first-order valence-electron chi connectivity index (χ1n) is 7.47. The highest BCUT2D eigenvalue weighted by Crippen LogP contribution is 2.32. The molecule has 1 N–H and O–H groups in total. The van der Waals surface area contributed by atoms with Crippen molar-refractivity contribution >= 4 is 11.8 Å². The summed E-state index contributed by atoms with van der Waals surface area (Å²) in [6, 6.07) is 4.43. The molecule has 112 valence electrons. The minimum absolute atomic E-state index is 0.0706. The standard InChI is InChI=1S/C16H23F2NS/c1-2-8-19-15(11-12-6-9-20-10-7-12)13-4-3-5-14(17)16(13)18/h3-5,12,15,19H,2,6-11H2,1H3. The molecule has 1 aromatic carbocycles. The zero-order valence-electron chi connectivity index (χ0n) is 12.0. The summed E-state index contributed by atoms with van der Waals surface area (Å²) < 4.78 is 27.4. The van der Waals surface area contributed by atoms with Crippen LogP contribution in [-0.4, -0.2) is 18.1 Å². The largest absolute Gasteiger partial charge is 0.310 e. The zero-order valence-corrected chi connectivity index (χ0v) is 12.8. The fraction of sp³-hybridized carbons (Fsp3) is 0.625. The van der Waals surface area contributed by atoms with E-state index >= 15 is 0 Å². The van der Waals surface area contributed by atoms with Crippen LogP contribution in [0.1, 0.15) is 44.2 Å². The van der Waals surface area contributed by atoms with E-state index in [4.69, 9.17) is 0 Å². The van der Waals surface area contributed by atoms with Gasteiger partial charge in [0.2, 0.25) is 0 Å². The second-order valence-corrected chi connectivity index (χ2v) is 6.67. The Bertz CT molecular complexity index is 419. The summed E-state index contributed by atoms with van der Waals surface area (Å²) in [6.45, 7) is 2.92. The highest BCUT2D eigenvalue weighted by molar-refractivity contribution is 7.99. The van der Waals surface area contributed by atoms with Gasteiger partial charge in [-0.3, -0.25) is 0 Å². The number of thioether (sulfide) groups is 1. The van der Waals surface area contributed by atoms with E-state index in [1.54, 1.807) is 12.1 Å². The van der Waals surface area contributed by atoms with Gasteiger partial charge in [0.05, 0.1) is 0 Å². The summed E-state index contributed by atoms with van der Waals surface area (Å²) >= 11 is 1.99. The number of hydrogen-bond acceptors (Lipinski definition) is 2. The molecule has 0 radical (unpaired) electrons. The van der Waals surface area contributed by atoms with Crippen LogP contribution in [0.15, 0.2) is 18.2 Å². The molecule has 1 unspecified atom stereocenters. The van der Waals surface area contributed by atoms with Crippen molar-refractivity contribution in [3.05, 3.63) is 35.4 Å². The average Bonchev–Trinajstić information content (AvgIpc) is 2.48. The number of rotatable bonds is 6. The van der Waals surface area contributed by atoms with Crippen LogP contribution >= 0.6 is 11.8 Å². The minimum Gasteiger partial charge on any atom is -0.310 e. The molecule has 1 heterocycles. The Balaban J connectivity index is 2.11. The fourth-order valence-corrected chi connectivity index (χ4v) is 3.95. The average molecular weight is 299 g/mol. The van der Waals surface area contributed by atoms with Gasteiger partial charge in [0.25, 0.3) is 0 Å². The Morgan fingerprint density at radius 3 is 2.75 bits per heavy atom. The van der Waals surface area contributed by atoms with Crippen LogP contribution in [0.5, 0.6) is 0 Å². The molecule has 0 aromatic heterocycles. The van der Waals surface area contributed by atoms with Gasteiger partial charge >= 0.3 is 0 Å². The summed E-state index contributed by atoms with van der Waals surface area (Å²) in [4.78, 5) is 0. The van der Waals surface area contributed by atoms with Crippen LogP contribution < -0.4 is 5.32 Å². The van der Waals surface area contributed by atoms with Crippen molar-refractivity contribution < 1.29 is 8.78 Å². The van der Waals surface area contributed by atoms with Crippen molar-refractivity contribution in [2.45, 2.75) is 38.6 Å². The van der Waals surface area contributed by atoms with E-state index in [1.165, 1.54) is 30.4 Å². The van der Waals surface area contributed by atoms with Crippen LogP contribution in [0.4, 0.5) is 8.78 Å². The van der Waals surface area contributed by atoms with E-state index in [-0.39, 0.29) is 6.04 Å². The third kappa shape index (κ3) is 4.19. The zero-order chi connectivity index (χ0) is 14.4. The SMILES string of the molecule is CCCNC(CC1CCSCC1)c1cccc(F)c1F. The lowest BCUT2D eigenvalue weighted by atomic mass is 9.90. The highest BCUT2D eigenvalue weighted by atomic mass is 32.2. The lowest BCUT2D eigenvalue weighted by Crippen LogP contribution is -2.27. The van der Waals surface area contributed by atoms with Crippen molar-refractivity contribution in [2.75, 3.05) is 18.1 Å². The first-order valence-corrected chi connectivity index (χ1v) is 8.63. The monoisotopic (exact) mass is 299 g/mol. The molecule has 0 aliphatic carbocycles. The van der Waals surface area contributed by atoms with Crippen molar-refractivity contribution in [1.82, 2.24) is 5.32 Å². The van der Waals surface area contributed by atoms with Crippen molar-refractivity contribution in [3.8, 4) is 0 Å². The Hall–Kier alpha value is -0.610. The minimum atomic E-state index is -0.745. The molecule has 1 aromatic rings. The van der Waals surface area contributed by atoms with Gasteiger partial charge in [0, 0.05) is 11.6 Å².